The summed E-state index contributed by atoms with van der Waals surface area (Å²) in [5.41, 5.74) is 7.28. The number of carbonyl (C=O) groups excluding carboxylic acids is 5. The first kappa shape index (κ1) is 44.1. The van der Waals surface area contributed by atoms with E-state index < -0.39 is 29.7 Å². The van der Waals surface area contributed by atoms with Crippen molar-refractivity contribution in [3.63, 3.8) is 0 Å². The highest BCUT2D eigenvalue weighted by Gasteiger charge is 2.42. The molecule has 354 valence electrons. The number of pyridine rings is 1. The van der Waals surface area contributed by atoms with Crippen LogP contribution in [0.3, 0.4) is 0 Å². The molecule has 3 aromatic heterocycles. The number of aryl methyl sites for hydroxylation is 3. The van der Waals surface area contributed by atoms with Crippen molar-refractivity contribution in [2.45, 2.75) is 64.1 Å². The average Bonchev–Trinajstić information content (AvgIpc) is 4.14. The van der Waals surface area contributed by atoms with Gasteiger partial charge in [0.25, 0.3) is 11.8 Å². The van der Waals surface area contributed by atoms with Crippen molar-refractivity contribution in [2.24, 2.45) is 7.05 Å². The van der Waals surface area contributed by atoms with Gasteiger partial charge in [-0.2, -0.15) is 5.10 Å². The molecule has 17 nitrogen and oxygen atoms in total. The Hall–Kier alpha value is -7.47. The summed E-state index contributed by atoms with van der Waals surface area (Å²) in [6, 6.07) is 19.3. The number of piperazine rings is 1. The SMILES string of the molecule is Cc1ccc(NC(=O)C(c2ncn3c2CCC3)N2Cc3c(F)cc(-c4ccc(N5CCN(C(=O)CN6CCC(c7ccc8c(N9CCC(=O)NC9=O)nn(C)c8c7)CC6)CC5)cc4)cc3C2=O)nc1. The fraction of sp³-hybridized carbons (Fsp3) is 0.373. The summed E-state index contributed by atoms with van der Waals surface area (Å²) < 4.78 is 19.9. The zero-order valence-electron chi connectivity index (χ0n) is 38.7. The lowest BCUT2D eigenvalue weighted by atomic mass is 9.89. The average molecular weight is 933 g/mol. The second-order valence-corrected chi connectivity index (χ2v) is 18.8. The summed E-state index contributed by atoms with van der Waals surface area (Å²) in [5.74, 6) is -0.298. The standard InChI is InChI=1S/C51H53FN12O5/c1-31-5-12-43(53-27-31)55-49(67)47(46-41-4-3-16-62(41)30-54-46)64-28-39-38(50(64)68)24-35(25-40(39)52)32-6-9-36(10-7-32)60-20-22-61(23-21-60)45(66)29-59-17-13-33(14-18-59)34-8-11-37-42(26-34)58(2)57-48(37)63-19-15-44(65)56-51(63)69/h5-12,24-27,30,33,47H,3-4,13-23,28-29H2,1-2H3,(H,53,55,67)(H,56,65,69). The third-order valence-corrected chi connectivity index (χ3v) is 14.6. The van der Waals surface area contributed by atoms with E-state index in [1.165, 1.54) is 21.4 Å². The largest absolute Gasteiger partial charge is 0.368 e. The highest BCUT2D eigenvalue weighted by molar-refractivity contribution is 6.09. The van der Waals surface area contributed by atoms with Gasteiger partial charge in [0.15, 0.2) is 11.9 Å². The van der Waals surface area contributed by atoms with Gasteiger partial charge in [0.2, 0.25) is 11.8 Å². The number of carbonyl (C=O) groups is 5. The Morgan fingerprint density at radius 3 is 2.42 bits per heavy atom. The number of anilines is 3. The van der Waals surface area contributed by atoms with E-state index in [4.69, 9.17) is 0 Å². The summed E-state index contributed by atoms with van der Waals surface area (Å²) in [7, 11) is 1.87. The van der Waals surface area contributed by atoms with Crippen molar-refractivity contribution in [1.29, 1.82) is 0 Å². The number of nitrogens with one attached hydrogen (secondary N) is 2. The van der Waals surface area contributed by atoms with Crippen LogP contribution in [0, 0.1) is 12.7 Å². The van der Waals surface area contributed by atoms with Gasteiger partial charge in [0, 0.05) is 86.8 Å². The van der Waals surface area contributed by atoms with Crippen molar-refractivity contribution >= 4 is 57.9 Å². The molecule has 1 atom stereocenters. The van der Waals surface area contributed by atoms with Crippen LogP contribution >= 0.6 is 0 Å². The Morgan fingerprint density at radius 1 is 0.870 bits per heavy atom. The number of amides is 6. The molecule has 3 aromatic carbocycles. The number of fused-ring (bicyclic) bond motifs is 3. The number of hydrogen-bond acceptors (Lipinski definition) is 10. The molecule has 18 heteroatoms. The van der Waals surface area contributed by atoms with Crippen LogP contribution in [-0.4, -0.2) is 121 Å². The Bertz CT molecular complexity index is 3020. The van der Waals surface area contributed by atoms with E-state index in [0.29, 0.717) is 68.1 Å². The predicted octanol–water partition coefficient (Wildman–Crippen LogP) is 5.54. The highest BCUT2D eigenvalue weighted by Crippen LogP contribution is 2.39. The quantitative estimate of drug-likeness (QED) is 0.178. The number of imidazole rings is 1. The Morgan fingerprint density at radius 2 is 1.67 bits per heavy atom. The first-order valence-electron chi connectivity index (χ1n) is 23.8. The minimum atomic E-state index is -1.08. The second-order valence-electron chi connectivity index (χ2n) is 18.8. The molecule has 6 amide bonds. The van der Waals surface area contributed by atoms with Crippen LogP contribution in [0.5, 0.6) is 0 Å². The normalized spacial score (nSPS) is 18.2. The number of piperidine rings is 1. The maximum atomic E-state index is 16.1. The van der Waals surface area contributed by atoms with Gasteiger partial charge < -0.3 is 24.6 Å². The van der Waals surface area contributed by atoms with Crippen LogP contribution in [0.1, 0.15) is 76.1 Å². The molecule has 6 aromatic rings. The van der Waals surface area contributed by atoms with Crippen LogP contribution in [0.4, 0.5) is 26.5 Å². The van der Waals surface area contributed by atoms with Crippen molar-refractivity contribution in [3.8, 4) is 11.1 Å². The molecule has 2 N–H and O–H groups in total. The second kappa shape index (κ2) is 17.9. The smallest absolute Gasteiger partial charge is 0.329 e. The van der Waals surface area contributed by atoms with E-state index in [0.717, 1.165) is 78.7 Å². The lowest BCUT2D eigenvalue weighted by Crippen LogP contribution is -2.51. The van der Waals surface area contributed by atoms with Crippen molar-refractivity contribution in [3.05, 3.63) is 119 Å². The molecule has 3 saturated heterocycles. The lowest BCUT2D eigenvalue weighted by Gasteiger charge is -2.38. The van der Waals surface area contributed by atoms with Gasteiger partial charge in [-0.1, -0.05) is 24.3 Å². The van der Waals surface area contributed by atoms with E-state index in [-0.39, 0.29) is 35.9 Å². The topological polar surface area (TPSA) is 174 Å². The van der Waals surface area contributed by atoms with Crippen LogP contribution in [0.25, 0.3) is 22.0 Å². The minimum Gasteiger partial charge on any atom is -0.368 e. The van der Waals surface area contributed by atoms with E-state index in [2.05, 4.69) is 47.6 Å². The van der Waals surface area contributed by atoms with Crippen LogP contribution in [-0.2, 0) is 40.9 Å². The predicted molar refractivity (Wildman–Crippen MR) is 256 cm³/mol. The van der Waals surface area contributed by atoms with E-state index >= 15 is 4.39 Å². The molecule has 8 heterocycles. The van der Waals surface area contributed by atoms with Gasteiger partial charge in [-0.25, -0.2) is 19.2 Å². The number of imide groups is 1. The highest BCUT2D eigenvalue weighted by atomic mass is 19.1. The van der Waals surface area contributed by atoms with Gasteiger partial charge in [0.05, 0.1) is 30.6 Å². The number of hydrogen-bond donors (Lipinski definition) is 2. The zero-order chi connectivity index (χ0) is 47.5. The van der Waals surface area contributed by atoms with Crippen LogP contribution in [0.15, 0.2) is 79.3 Å². The molecule has 0 bridgehead atoms. The lowest BCUT2D eigenvalue weighted by molar-refractivity contribution is -0.133. The molecule has 11 rings (SSSR count). The zero-order valence-corrected chi connectivity index (χ0v) is 38.7. The molecule has 5 aliphatic rings. The summed E-state index contributed by atoms with van der Waals surface area (Å²) in [6.07, 6.45) is 7.10. The van der Waals surface area contributed by atoms with Gasteiger partial charge in [-0.05, 0) is 116 Å². The molecular weight excluding hydrogens is 880 g/mol. The molecule has 0 aliphatic carbocycles. The van der Waals surface area contributed by atoms with Crippen molar-refractivity contribution in [2.75, 3.05) is 67.5 Å². The maximum absolute atomic E-state index is 16.1. The Balaban J connectivity index is 0.694. The van der Waals surface area contributed by atoms with Crippen LogP contribution < -0.4 is 20.4 Å². The fourth-order valence-corrected chi connectivity index (χ4v) is 10.7. The summed E-state index contributed by atoms with van der Waals surface area (Å²) >= 11 is 0. The van der Waals surface area contributed by atoms with Crippen LogP contribution in [0.2, 0.25) is 0 Å². The van der Waals surface area contributed by atoms with Crippen molar-refractivity contribution in [1.82, 2.24) is 44.3 Å². The number of nitrogens with zero attached hydrogens (tertiary/aromatic N) is 10. The Kier molecular flexibility index (Phi) is 11.4. The number of benzene rings is 3. The van der Waals surface area contributed by atoms with Gasteiger partial charge in [-0.15, -0.1) is 0 Å². The number of urea groups is 1. The van der Waals surface area contributed by atoms with Gasteiger partial charge >= 0.3 is 6.03 Å². The summed E-state index contributed by atoms with van der Waals surface area (Å²) in [5, 5.41) is 10.7. The van der Waals surface area contributed by atoms with Gasteiger partial charge in [0.1, 0.15) is 11.6 Å². The number of rotatable bonds is 10. The number of aromatic nitrogens is 5. The molecule has 0 radical (unpaired) electrons. The third-order valence-electron chi connectivity index (χ3n) is 14.6. The molecule has 3 fully saturated rings. The molecule has 5 aliphatic heterocycles. The summed E-state index contributed by atoms with van der Waals surface area (Å²) in [6.45, 7) is 7.50. The summed E-state index contributed by atoms with van der Waals surface area (Å²) in [4.78, 5) is 84.4. The van der Waals surface area contributed by atoms with E-state index in [1.807, 2.05) is 59.8 Å². The molecule has 69 heavy (non-hydrogen) atoms. The number of likely N-dealkylation sites (tertiary alicyclic amines) is 1. The van der Waals surface area contributed by atoms with Crippen molar-refractivity contribution < 1.29 is 28.4 Å². The number of halogens is 1. The van der Waals surface area contributed by atoms with E-state index in [9.17, 15) is 24.0 Å². The first-order chi connectivity index (χ1) is 33.4. The Labute approximate surface area is 397 Å². The monoisotopic (exact) mass is 932 g/mol. The molecule has 0 spiro atoms. The minimum absolute atomic E-state index is 0.0695. The molecule has 1 unspecified atom stereocenters. The molecular formula is C51H53FN12O5. The van der Waals surface area contributed by atoms with Gasteiger partial charge in [-0.3, -0.25) is 39.0 Å². The fourth-order valence-electron chi connectivity index (χ4n) is 10.7. The first-order valence-corrected chi connectivity index (χ1v) is 23.8. The van der Waals surface area contributed by atoms with E-state index in [1.54, 1.807) is 29.3 Å². The molecule has 0 saturated carbocycles. The maximum Gasteiger partial charge on any atom is 0.329 e. The third kappa shape index (κ3) is 8.36.